The maximum Gasteiger partial charge on any atom is 0.410 e. The van der Waals surface area contributed by atoms with E-state index in [9.17, 15) is 4.79 Å². The molecule has 0 aliphatic carbocycles. The molecule has 0 bridgehead atoms. The van der Waals surface area contributed by atoms with E-state index in [-0.39, 0.29) is 11.7 Å². The molecule has 1 aromatic carbocycles. The van der Waals surface area contributed by atoms with Crippen molar-refractivity contribution in [3.8, 4) is 0 Å². The van der Waals surface area contributed by atoms with Crippen LogP contribution in [0.4, 0.5) is 4.79 Å². The Labute approximate surface area is 139 Å². The van der Waals surface area contributed by atoms with Crippen molar-refractivity contribution in [1.29, 1.82) is 0 Å². The van der Waals surface area contributed by atoms with Gasteiger partial charge in [-0.25, -0.2) is 4.79 Å². The van der Waals surface area contributed by atoms with Crippen molar-refractivity contribution >= 4 is 6.09 Å². The minimum atomic E-state index is -0.456. The van der Waals surface area contributed by atoms with Crippen molar-refractivity contribution in [1.82, 2.24) is 4.90 Å². The fraction of sp³-hybridized carbons (Fsp3) is 0.632. The van der Waals surface area contributed by atoms with E-state index in [4.69, 9.17) is 9.47 Å². The van der Waals surface area contributed by atoms with Gasteiger partial charge in [0.25, 0.3) is 0 Å². The third kappa shape index (κ3) is 5.24. The molecule has 1 fully saturated rings. The molecule has 1 amide bonds. The summed E-state index contributed by atoms with van der Waals surface area (Å²) in [6, 6.07) is 10.3. The van der Waals surface area contributed by atoms with Gasteiger partial charge >= 0.3 is 6.09 Å². The van der Waals surface area contributed by atoms with E-state index in [1.807, 2.05) is 39.0 Å². The van der Waals surface area contributed by atoms with E-state index in [1.165, 1.54) is 5.56 Å². The number of amides is 1. The van der Waals surface area contributed by atoms with Crippen LogP contribution >= 0.6 is 0 Å². The third-order valence-corrected chi connectivity index (χ3v) is 4.25. The molecule has 2 rings (SSSR count). The summed E-state index contributed by atoms with van der Waals surface area (Å²) < 4.78 is 11.7. The average molecular weight is 319 g/mol. The highest BCUT2D eigenvalue weighted by Crippen LogP contribution is 2.30. The van der Waals surface area contributed by atoms with Gasteiger partial charge in [0.15, 0.2) is 0 Å². The molecule has 0 aromatic heterocycles. The van der Waals surface area contributed by atoms with E-state index >= 15 is 0 Å². The fourth-order valence-electron chi connectivity index (χ4n) is 2.87. The fourth-order valence-corrected chi connectivity index (χ4v) is 2.87. The predicted octanol–water partition coefficient (Wildman–Crippen LogP) is 4.04. The van der Waals surface area contributed by atoms with Gasteiger partial charge in [-0.2, -0.15) is 0 Å². The molecule has 4 heteroatoms. The highest BCUT2D eigenvalue weighted by molar-refractivity contribution is 5.68. The number of hydrogen-bond acceptors (Lipinski definition) is 3. The summed E-state index contributed by atoms with van der Waals surface area (Å²) in [4.78, 5) is 14.0. The van der Waals surface area contributed by atoms with Gasteiger partial charge in [-0.15, -0.1) is 0 Å². The van der Waals surface area contributed by atoms with Crippen LogP contribution in [-0.2, 0) is 15.9 Å². The molecule has 0 N–H and O–H groups in total. The Kier molecular flexibility index (Phi) is 5.69. The Balaban J connectivity index is 1.86. The summed E-state index contributed by atoms with van der Waals surface area (Å²) >= 11 is 0. The van der Waals surface area contributed by atoms with Gasteiger partial charge in [0.1, 0.15) is 5.60 Å². The van der Waals surface area contributed by atoms with Crippen molar-refractivity contribution in [3.63, 3.8) is 0 Å². The Morgan fingerprint density at radius 2 is 1.96 bits per heavy atom. The summed E-state index contributed by atoms with van der Waals surface area (Å²) in [7, 11) is 0. The lowest BCUT2D eigenvalue weighted by molar-refractivity contribution is -0.0411. The van der Waals surface area contributed by atoms with Gasteiger partial charge in [-0.1, -0.05) is 37.3 Å². The quantitative estimate of drug-likeness (QED) is 0.822. The zero-order valence-corrected chi connectivity index (χ0v) is 14.8. The molecule has 1 heterocycles. The molecule has 1 aliphatic rings. The largest absolute Gasteiger partial charge is 0.444 e. The van der Waals surface area contributed by atoms with E-state index in [0.29, 0.717) is 19.7 Å². The highest BCUT2D eigenvalue weighted by atomic mass is 16.6. The van der Waals surface area contributed by atoms with Crippen molar-refractivity contribution in [2.24, 2.45) is 0 Å². The summed E-state index contributed by atoms with van der Waals surface area (Å²) in [5, 5.41) is 0. The number of rotatable bonds is 5. The van der Waals surface area contributed by atoms with Crippen LogP contribution in [0.2, 0.25) is 0 Å². The van der Waals surface area contributed by atoms with E-state index in [1.54, 1.807) is 4.90 Å². The molecule has 1 aliphatic heterocycles. The second-order valence-corrected chi connectivity index (χ2v) is 7.27. The Morgan fingerprint density at radius 3 is 2.57 bits per heavy atom. The summed E-state index contributed by atoms with van der Waals surface area (Å²) in [5.41, 5.74) is 0.592. The molecular weight excluding hydrogens is 290 g/mol. The van der Waals surface area contributed by atoms with Crippen LogP contribution < -0.4 is 0 Å². The zero-order chi connectivity index (χ0) is 16.9. The molecule has 23 heavy (non-hydrogen) atoms. The first-order chi connectivity index (χ1) is 10.8. The lowest BCUT2D eigenvalue weighted by atomic mass is 9.99. The molecule has 128 valence electrons. The average Bonchev–Trinajstić information content (AvgIpc) is 2.92. The first kappa shape index (κ1) is 17.8. The van der Waals surface area contributed by atoms with Gasteiger partial charge < -0.3 is 14.4 Å². The SMILES string of the molecule is CCC1(OCCc2ccccc2)CCN(C(=O)OC(C)(C)C)C1. The van der Waals surface area contributed by atoms with Crippen LogP contribution in [0.5, 0.6) is 0 Å². The van der Waals surface area contributed by atoms with Gasteiger partial charge in [0.05, 0.1) is 18.8 Å². The number of likely N-dealkylation sites (tertiary alicyclic amines) is 1. The standard InChI is InChI=1S/C19H29NO3/c1-5-19(22-14-11-16-9-7-6-8-10-16)12-13-20(15-19)17(21)23-18(2,3)4/h6-10H,5,11-15H2,1-4H3. The van der Waals surface area contributed by atoms with Crippen LogP contribution in [0, 0.1) is 0 Å². The lowest BCUT2D eigenvalue weighted by Crippen LogP contribution is -2.40. The summed E-state index contributed by atoms with van der Waals surface area (Å²) in [5.74, 6) is 0. The molecule has 1 unspecified atom stereocenters. The minimum absolute atomic E-state index is 0.230. The van der Waals surface area contributed by atoms with Crippen molar-refractivity contribution < 1.29 is 14.3 Å². The number of nitrogens with zero attached hydrogens (tertiary/aromatic N) is 1. The summed E-state index contributed by atoms with van der Waals surface area (Å²) in [6.07, 6.45) is 2.44. The second kappa shape index (κ2) is 7.35. The topological polar surface area (TPSA) is 38.8 Å². The Morgan fingerprint density at radius 1 is 1.26 bits per heavy atom. The summed E-state index contributed by atoms with van der Waals surface area (Å²) in [6.45, 7) is 9.81. The van der Waals surface area contributed by atoms with Crippen molar-refractivity contribution in [2.75, 3.05) is 19.7 Å². The first-order valence-electron chi connectivity index (χ1n) is 8.49. The maximum atomic E-state index is 12.2. The predicted molar refractivity (Wildman–Crippen MR) is 91.5 cm³/mol. The van der Waals surface area contributed by atoms with Crippen molar-refractivity contribution in [2.45, 2.75) is 58.2 Å². The molecule has 1 atom stereocenters. The van der Waals surface area contributed by atoms with Crippen LogP contribution in [-0.4, -0.2) is 41.9 Å². The highest BCUT2D eigenvalue weighted by Gasteiger charge is 2.40. The number of hydrogen-bond donors (Lipinski definition) is 0. The molecule has 0 radical (unpaired) electrons. The molecule has 0 saturated carbocycles. The van der Waals surface area contributed by atoms with E-state index in [0.717, 1.165) is 19.3 Å². The van der Waals surface area contributed by atoms with Crippen LogP contribution in [0.25, 0.3) is 0 Å². The van der Waals surface area contributed by atoms with E-state index in [2.05, 4.69) is 19.1 Å². The molecule has 0 spiro atoms. The monoisotopic (exact) mass is 319 g/mol. The molecule has 1 saturated heterocycles. The van der Waals surface area contributed by atoms with Gasteiger partial charge in [-0.3, -0.25) is 0 Å². The number of carbonyl (C=O) groups excluding carboxylic acids is 1. The Bertz CT molecular complexity index is 509. The van der Waals surface area contributed by atoms with Crippen LogP contribution in [0.1, 0.15) is 46.1 Å². The molecule has 1 aromatic rings. The van der Waals surface area contributed by atoms with Gasteiger partial charge in [0.2, 0.25) is 0 Å². The van der Waals surface area contributed by atoms with Crippen molar-refractivity contribution in [3.05, 3.63) is 35.9 Å². The number of carbonyl (C=O) groups is 1. The zero-order valence-electron chi connectivity index (χ0n) is 14.8. The molecular formula is C19H29NO3. The molecule has 4 nitrogen and oxygen atoms in total. The van der Waals surface area contributed by atoms with Crippen LogP contribution in [0.15, 0.2) is 30.3 Å². The normalized spacial score (nSPS) is 21.5. The number of ether oxygens (including phenoxy) is 2. The number of benzene rings is 1. The lowest BCUT2D eigenvalue weighted by Gasteiger charge is -2.29. The van der Waals surface area contributed by atoms with Crippen LogP contribution in [0.3, 0.4) is 0 Å². The van der Waals surface area contributed by atoms with Gasteiger partial charge in [-0.05, 0) is 45.6 Å². The first-order valence-corrected chi connectivity index (χ1v) is 8.49. The minimum Gasteiger partial charge on any atom is -0.444 e. The second-order valence-electron chi connectivity index (χ2n) is 7.27. The van der Waals surface area contributed by atoms with Gasteiger partial charge in [0, 0.05) is 6.54 Å². The third-order valence-electron chi connectivity index (χ3n) is 4.25. The van der Waals surface area contributed by atoms with E-state index < -0.39 is 5.60 Å². The maximum absolute atomic E-state index is 12.2. The Hall–Kier alpha value is -1.55. The smallest absolute Gasteiger partial charge is 0.410 e.